The van der Waals surface area contributed by atoms with Crippen molar-refractivity contribution in [2.24, 2.45) is 11.8 Å². The zero-order valence-corrected chi connectivity index (χ0v) is 40.4. The highest BCUT2D eigenvalue weighted by atomic mass is 16.6. The van der Waals surface area contributed by atoms with Gasteiger partial charge in [-0.05, 0) is 96.1 Å². The maximum Gasteiger partial charge on any atom is 0.332 e. The van der Waals surface area contributed by atoms with Crippen LogP contribution in [-0.4, -0.2) is 75.0 Å². The summed E-state index contributed by atoms with van der Waals surface area (Å²) in [5.41, 5.74) is 0. The van der Waals surface area contributed by atoms with Crippen molar-refractivity contribution in [1.29, 1.82) is 0 Å². The molecule has 0 N–H and O–H groups in total. The summed E-state index contributed by atoms with van der Waals surface area (Å²) in [4.78, 5) is 40.2. The third-order valence-electron chi connectivity index (χ3n) is 12.9. The number of hydrogen-bond donors (Lipinski definition) is 0. The highest BCUT2D eigenvalue weighted by Crippen LogP contribution is 2.23. The van der Waals surface area contributed by atoms with Crippen LogP contribution in [0.2, 0.25) is 0 Å². The molecule has 1 heterocycles. The van der Waals surface area contributed by atoms with Crippen molar-refractivity contribution in [3.63, 3.8) is 0 Å². The average molecular weight is 850 g/mol. The summed E-state index contributed by atoms with van der Waals surface area (Å²) in [7, 11) is 2.15. The third-order valence-corrected chi connectivity index (χ3v) is 12.9. The Morgan fingerprint density at radius 3 is 1.35 bits per heavy atom. The summed E-state index contributed by atoms with van der Waals surface area (Å²) < 4.78 is 23.4. The number of unbranched alkanes of at least 4 members (excludes halogenated alkanes) is 16. The summed E-state index contributed by atoms with van der Waals surface area (Å²) in [6.07, 6.45) is 38.3. The number of nitrogens with zero attached hydrogens (tertiary/aromatic N) is 1. The van der Waals surface area contributed by atoms with Gasteiger partial charge in [-0.15, -0.1) is 0 Å². The predicted octanol–water partition coefficient (Wildman–Crippen LogP) is 14.3. The van der Waals surface area contributed by atoms with Crippen molar-refractivity contribution in [2.75, 3.05) is 40.0 Å². The van der Waals surface area contributed by atoms with Crippen LogP contribution in [0.4, 0.5) is 0 Å². The molecule has 1 unspecified atom stereocenters. The number of rotatable bonds is 42. The average Bonchev–Trinajstić information content (AvgIpc) is 3.45. The molecular weight excluding hydrogens is 751 g/mol. The van der Waals surface area contributed by atoms with E-state index in [1.807, 2.05) is 0 Å². The van der Waals surface area contributed by atoms with E-state index < -0.39 is 0 Å². The molecule has 0 saturated carbocycles. The zero-order chi connectivity index (χ0) is 43.7. The van der Waals surface area contributed by atoms with Crippen molar-refractivity contribution < 1.29 is 33.3 Å². The number of hydrogen-bond acceptors (Lipinski definition) is 8. The van der Waals surface area contributed by atoms with Crippen LogP contribution in [0.5, 0.6) is 0 Å². The van der Waals surface area contributed by atoms with Gasteiger partial charge in [0.25, 0.3) is 0 Å². The second-order valence-corrected chi connectivity index (χ2v) is 18.6. The lowest BCUT2D eigenvalue weighted by atomic mass is 9.92. The Morgan fingerprint density at radius 2 is 0.900 bits per heavy atom. The molecule has 0 bridgehead atoms. The molecule has 0 spiro atoms. The summed E-state index contributed by atoms with van der Waals surface area (Å²) in [5.74, 6) is 1.04. The molecule has 0 amide bonds. The summed E-state index contributed by atoms with van der Waals surface area (Å²) in [6.45, 7) is 12.3. The molecule has 354 valence electrons. The lowest BCUT2D eigenvalue weighted by Gasteiger charge is -2.20. The quantitative estimate of drug-likeness (QED) is 0.0341. The molecule has 8 heteroatoms. The minimum Gasteiger partial charge on any atom is -0.466 e. The van der Waals surface area contributed by atoms with Crippen LogP contribution in [0.3, 0.4) is 0 Å². The summed E-state index contributed by atoms with van der Waals surface area (Å²) >= 11 is 0. The van der Waals surface area contributed by atoms with Gasteiger partial charge in [-0.25, -0.2) is 4.79 Å². The molecule has 1 aliphatic heterocycles. The maximum atomic E-state index is 12.9. The molecule has 1 rings (SSSR count). The number of carbonyl (C=O) groups excluding carboxylic acids is 3. The van der Waals surface area contributed by atoms with E-state index in [-0.39, 0.29) is 36.7 Å². The van der Waals surface area contributed by atoms with Crippen molar-refractivity contribution in [1.82, 2.24) is 4.90 Å². The number of ether oxygens (including phenoxy) is 4. The predicted molar refractivity (Wildman–Crippen MR) is 250 cm³/mol. The minimum atomic E-state index is -0.240. The fourth-order valence-electron chi connectivity index (χ4n) is 8.81. The molecule has 0 radical (unpaired) electrons. The van der Waals surface area contributed by atoms with Crippen LogP contribution < -0.4 is 0 Å². The van der Waals surface area contributed by atoms with Gasteiger partial charge in [0.05, 0.1) is 19.3 Å². The SMILES string of the molecule is CCCCCC(CCCCC)CCOC(=O)CCCCCCCC(CCCCCCCC(=O)OCCC(CCCCC)CCCCC)OC(=O)COC1CCCN(C)CC1. The van der Waals surface area contributed by atoms with E-state index in [1.54, 1.807) is 0 Å². The maximum absolute atomic E-state index is 12.9. The van der Waals surface area contributed by atoms with Gasteiger partial charge in [0.15, 0.2) is 0 Å². The van der Waals surface area contributed by atoms with E-state index in [2.05, 4.69) is 39.6 Å². The normalized spacial score (nSPS) is 14.9. The van der Waals surface area contributed by atoms with Crippen LogP contribution in [-0.2, 0) is 33.3 Å². The number of likely N-dealkylation sites (tertiary alicyclic amines) is 1. The van der Waals surface area contributed by atoms with E-state index in [9.17, 15) is 14.4 Å². The molecule has 1 atom stereocenters. The number of esters is 3. The van der Waals surface area contributed by atoms with Gasteiger partial charge in [-0.3, -0.25) is 9.59 Å². The fourth-order valence-corrected chi connectivity index (χ4v) is 8.81. The topological polar surface area (TPSA) is 91.4 Å². The first-order chi connectivity index (χ1) is 29.3. The smallest absolute Gasteiger partial charge is 0.332 e. The molecule has 0 aromatic heterocycles. The van der Waals surface area contributed by atoms with Crippen molar-refractivity contribution in [2.45, 2.75) is 265 Å². The molecule has 1 fully saturated rings. The third kappa shape index (κ3) is 34.9. The van der Waals surface area contributed by atoms with Crippen LogP contribution in [0.15, 0.2) is 0 Å². The Bertz CT molecular complexity index is 915. The highest BCUT2D eigenvalue weighted by molar-refractivity contribution is 5.71. The van der Waals surface area contributed by atoms with E-state index >= 15 is 0 Å². The summed E-state index contributed by atoms with van der Waals surface area (Å²) in [6, 6.07) is 0. The largest absolute Gasteiger partial charge is 0.466 e. The van der Waals surface area contributed by atoms with Crippen molar-refractivity contribution >= 4 is 17.9 Å². The fraction of sp³-hybridized carbons (Fsp3) is 0.942. The molecular formula is C52H99NO7. The van der Waals surface area contributed by atoms with Crippen LogP contribution in [0.25, 0.3) is 0 Å². The van der Waals surface area contributed by atoms with Gasteiger partial charge in [0, 0.05) is 19.4 Å². The van der Waals surface area contributed by atoms with E-state index in [0.717, 1.165) is 122 Å². The Kier molecular flexibility index (Phi) is 38.8. The monoisotopic (exact) mass is 850 g/mol. The highest BCUT2D eigenvalue weighted by Gasteiger charge is 2.20. The van der Waals surface area contributed by atoms with Gasteiger partial charge >= 0.3 is 17.9 Å². The van der Waals surface area contributed by atoms with E-state index in [4.69, 9.17) is 18.9 Å². The van der Waals surface area contributed by atoms with Crippen molar-refractivity contribution in [3.8, 4) is 0 Å². The second kappa shape index (κ2) is 41.3. The standard InChI is InChI=1S/C52H99NO7/c1-6-10-20-29-46(30-21-11-7-2)39-43-57-50(54)36-26-18-14-16-24-33-49(60-52(56)45-59-48-35-28-41-53(5)42-38-48)34-25-17-15-19-27-37-51(55)58-44-40-47(31-22-12-8-3)32-23-13-9-4/h46-49H,6-45H2,1-5H3. The van der Waals surface area contributed by atoms with E-state index in [0.29, 0.717) is 37.9 Å². The van der Waals surface area contributed by atoms with Crippen molar-refractivity contribution in [3.05, 3.63) is 0 Å². The first-order valence-electron chi connectivity index (χ1n) is 26.1. The van der Waals surface area contributed by atoms with Gasteiger partial charge < -0.3 is 23.8 Å². The molecule has 0 aromatic carbocycles. The first kappa shape index (κ1) is 56.3. The molecule has 60 heavy (non-hydrogen) atoms. The van der Waals surface area contributed by atoms with Crippen LogP contribution >= 0.6 is 0 Å². The molecule has 0 aromatic rings. The lowest BCUT2D eigenvalue weighted by molar-refractivity contribution is -0.157. The Labute approximate surface area is 371 Å². The van der Waals surface area contributed by atoms with E-state index in [1.165, 1.54) is 103 Å². The number of carbonyl (C=O) groups is 3. The minimum absolute atomic E-state index is 0.0355. The molecule has 0 aliphatic carbocycles. The second-order valence-electron chi connectivity index (χ2n) is 18.6. The van der Waals surface area contributed by atoms with Gasteiger partial charge in [0.1, 0.15) is 12.7 Å². The summed E-state index contributed by atoms with van der Waals surface area (Å²) in [5, 5.41) is 0. The first-order valence-corrected chi connectivity index (χ1v) is 26.1. The Morgan fingerprint density at radius 1 is 0.483 bits per heavy atom. The molecule has 8 nitrogen and oxygen atoms in total. The van der Waals surface area contributed by atoms with Crippen LogP contribution in [0, 0.1) is 11.8 Å². The Balaban J connectivity index is 2.37. The van der Waals surface area contributed by atoms with Crippen LogP contribution in [0.1, 0.15) is 252 Å². The van der Waals surface area contributed by atoms with Gasteiger partial charge in [-0.2, -0.15) is 0 Å². The van der Waals surface area contributed by atoms with Gasteiger partial charge in [-0.1, -0.05) is 169 Å². The Hall–Kier alpha value is -1.67. The molecule has 1 aliphatic rings. The van der Waals surface area contributed by atoms with Gasteiger partial charge in [0.2, 0.25) is 0 Å². The zero-order valence-electron chi connectivity index (χ0n) is 40.4. The lowest BCUT2D eigenvalue weighted by Crippen LogP contribution is -2.25. The molecule has 1 saturated heterocycles.